The normalized spacial score (nSPS) is 18.8. The first-order valence-electron chi connectivity index (χ1n) is 10.1. The fraction of sp³-hybridized carbons (Fsp3) is 0.364. The summed E-state index contributed by atoms with van der Waals surface area (Å²) in [4.78, 5) is 29.0. The lowest BCUT2D eigenvalue weighted by Crippen LogP contribution is -2.49. The zero-order chi connectivity index (χ0) is 21.8. The number of benzene rings is 2. The number of halogens is 1. The van der Waals surface area contributed by atoms with Crippen molar-refractivity contribution in [1.82, 2.24) is 4.90 Å². The minimum absolute atomic E-state index is 0.178. The summed E-state index contributed by atoms with van der Waals surface area (Å²) in [5.41, 5.74) is 1.71. The van der Waals surface area contributed by atoms with Crippen LogP contribution in [0, 0.1) is 5.82 Å². The zero-order valence-corrected chi connectivity index (χ0v) is 16.9. The van der Waals surface area contributed by atoms with Crippen LogP contribution in [0.5, 0.6) is 0 Å². The van der Waals surface area contributed by atoms with Gasteiger partial charge in [0.05, 0.1) is 24.5 Å². The van der Waals surface area contributed by atoms with Crippen molar-refractivity contribution in [2.24, 2.45) is 0 Å². The summed E-state index contributed by atoms with van der Waals surface area (Å²) in [6, 6.07) is 14.0. The van der Waals surface area contributed by atoms with Crippen molar-refractivity contribution >= 4 is 23.6 Å². The molecule has 0 saturated carbocycles. The lowest BCUT2D eigenvalue weighted by molar-refractivity contribution is 0.0941. The van der Waals surface area contributed by atoms with Crippen molar-refractivity contribution in [3.05, 3.63) is 59.9 Å². The summed E-state index contributed by atoms with van der Waals surface area (Å²) < 4.78 is 25.1. The van der Waals surface area contributed by atoms with Gasteiger partial charge in [0.25, 0.3) is 0 Å². The number of rotatable bonds is 5. The Morgan fingerprint density at radius 3 is 2.52 bits per heavy atom. The first kappa shape index (κ1) is 20.9. The van der Waals surface area contributed by atoms with E-state index in [1.165, 1.54) is 11.0 Å². The van der Waals surface area contributed by atoms with E-state index in [1.54, 1.807) is 17.0 Å². The second kappa shape index (κ2) is 9.22. The summed E-state index contributed by atoms with van der Waals surface area (Å²) in [5, 5.41) is 9.15. The van der Waals surface area contributed by atoms with Gasteiger partial charge in [0.15, 0.2) is 0 Å². The summed E-state index contributed by atoms with van der Waals surface area (Å²) >= 11 is 0. The van der Waals surface area contributed by atoms with Crippen LogP contribution < -0.4 is 9.80 Å². The quantitative estimate of drug-likeness (QED) is 0.787. The van der Waals surface area contributed by atoms with Crippen LogP contribution in [0.3, 0.4) is 0 Å². The average molecular weight is 429 g/mol. The minimum Gasteiger partial charge on any atom is -0.445 e. The van der Waals surface area contributed by atoms with Gasteiger partial charge in [0, 0.05) is 26.2 Å². The zero-order valence-electron chi connectivity index (χ0n) is 16.9. The van der Waals surface area contributed by atoms with Crippen LogP contribution in [0.15, 0.2) is 48.5 Å². The van der Waals surface area contributed by atoms with Crippen LogP contribution in [0.4, 0.5) is 25.4 Å². The highest BCUT2D eigenvalue weighted by Gasteiger charge is 2.32. The number of carbonyl (C=O) groups excluding carboxylic acids is 2. The Bertz CT molecular complexity index is 934. The molecule has 0 aromatic heterocycles. The van der Waals surface area contributed by atoms with Crippen molar-refractivity contribution in [1.29, 1.82) is 0 Å². The lowest BCUT2D eigenvalue weighted by Gasteiger charge is -2.35. The van der Waals surface area contributed by atoms with Gasteiger partial charge in [0.1, 0.15) is 18.5 Å². The molecular formula is C22H24FN3O5. The smallest absolute Gasteiger partial charge is 0.414 e. The third-order valence-electron chi connectivity index (χ3n) is 5.40. The number of anilines is 2. The number of amides is 2. The first-order chi connectivity index (χ1) is 15.0. The molecule has 2 saturated heterocycles. The molecule has 0 unspecified atom stereocenters. The highest BCUT2D eigenvalue weighted by atomic mass is 19.1. The Kier molecular flexibility index (Phi) is 6.22. The Morgan fingerprint density at radius 1 is 1.13 bits per heavy atom. The van der Waals surface area contributed by atoms with E-state index in [-0.39, 0.29) is 25.9 Å². The Hall–Kier alpha value is -3.33. The van der Waals surface area contributed by atoms with E-state index >= 15 is 0 Å². The van der Waals surface area contributed by atoms with E-state index in [0.29, 0.717) is 37.6 Å². The molecule has 1 N–H and O–H groups in total. The monoisotopic (exact) mass is 429 g/mol. The molecule has 0 radical (unpaired) electrons. The number of aliphatic hydroxyl groups is 1. The van der Waals surface area contributed by atoms with Crippen molar-refractivity contribution in [2.45, 2.75) is 12.7 Å². The maximum absolute atomic E-state index is 14.8. The van der Waals surface area contributed by atoms with E-state index in [9.17, 15) is 14.0 Å². The van der Waals surface area contributed by atoms with Crippen LogP contribution in [0.2, 0.25) is 0 Å². The third-order valence-corrected chi connectivity index (χ3v) is 5.40. The largest absolute Gasteiger partial charge is 0.445 e. The summed E-state index contributed by atoms with van der Waals surface area (Å²) in [6.07, 6.45) is -1.59. The number of nitrogens with zero attached hydrogens (tertiary/aromatic N) is 3. The fourth-order valence-electron chi connectivity index (χ4n) is 3.69. The molecule has 2 heterocycles. The predicted octanol–water partition coefficient (Wildman–Crippen LogP) is 2.60. The van der Waals surface area contributed by atoms with E-state index in [2.05, 4.69) is 0 Å². The van der Waals surface area contributed by atoms with Gasteiger partial charge in [-0.25, -0.2) is 14.0 Å². The number of hydrogen-bond acceptors (Lipinski definition) is 6. The molecular weight excluding hydrogens is 405 g/mol. The topological polar surface area (TPSA) is 82.6 Å². The molecule has 0 bridgehead atoms. The molecule has 0 aliphatic carbocycles. The Morgan fingerprint density at radius 2 is 1.87 bits per heavy atom. The molecule has 2 aromatic rings. The Balaban J connectivity index is 1.32. The second-order valence-corrected chi connectivity index (χ2v) is 7.45. The van der Waals surface area contributed by atoms with Crippen molar-refractivity contribution in [2.75, 3.05) is 49.1 Å². The van der Waals surface area contributed by atoms with E-state index < -0.39 is 18.0 Å². The number of hydrogen-bond donors (Lipinski definition) is 1. The van der Waals surface area contributed by atoms with Gasteiger partial charge in [-0.15, -0.1) is 0 Å². The molecule has 0 spiro atoms. The molecule has 2 aliphatic rings. The molecule has 2 aliphatic heterocycles. The molecule has 9 heteroatoms. The lowest BCUT2D eigenvalue weighted by atomic mass is 10.2. The molecule has 2 amide bonds. The van der Waals surface area contributed by atoms with Gasteiger partial charge in [-0.05, 0) is 23.8 Å². The first-order valence-corrected chi connectivity index (χ1v) is 10.1. The highest BCUT2D eigenvalue weighted by molar-refractivity contribution is 5.90. The number of piperazine rings is 1. The van der Waals surface area contributed by atoms with Crippen LogP contribution in [0.1, 0.15) is 5.56 Å². The highest BCUT2D eigenvalue weighted by Crippen LogP contribution is 2.28. The maximum Gasteiger partial charge on any atom is 0.414 e. The van der Waals surface area contributed by atoms with E-state index in [4.69, 9.17) is 14.6 Å². The van der Waals surface area contributed by atoms with Gasteiger partial charge in [-0.3, -0.25) is 4.90 Å². The van der Waals surface area contributed by atoms with Gasteiger partial charge < -0.3 is 24.4 Å². The Labute approximate surface area is 179 Å². The standard InChI is InChI=1S/C22H24FN3O5/c23-19-12-17(26-13-18(14-27)31-22(26)29)6-7-20(19)24-8-10-25(11-9-24)21(28)30-15-16-4-2-1-3-5-16/h1-7,12,18,27H,8-11,13-15H2/t18-/m1/s1. The number of ether oxygens (including phenoxy) is 2. The SMILES string of the molecule is O=C(OCc1ccccc1)N1CCN(c2ccc(N3C[C@H](CO)OC3=O)cc2F)CC1. The van der Waals surface area contributed by atoms with Gasteiger partial charge >= 0.3 is 12.2 Å². The van der Waals surface area contributed by atoms with Crippen LogP contribution in [0.25, 0.3) is 0 Å². The molecule has 164 valence electrons. The van der Waals surface area contributed by atoms with Crippen LogP contribution >= 0.6 is 0 Å². The number of aliphatic hydroxyl groups excluding tert-OH is 1. The molecule has 8 nitrogen and oxygen atoms in total. The van der Waals surface area contributed by atoms with Crippen LogP contribution in [-0.4, -0.2) is 67.6 Å². The van der Waals surface area contributed by atoms with Crippen LogP contribution in [-0.2, 0) is 16.1 Å². The maximum atomic E-state index is 14.8. The molecule has 31 heavy (non-hydrogen) atoms. The summed E-state index contributed by atoms with van der Waals surface area (Å²) in [6.45, 7) is 1.89. The van der Waals surface area contributed by atoms with E-state index in [1.807, 2.05) is 35.2 Å². The van der Waals surface area contributed by atoms with Crippen molar-refractivity contribution < 1.29 is 28.6 Å². The van der Waals surface area contributed by atoms with Crippen molar-refractivity contribution in [3.8, 4) is 0 Å². The van der Waals surface area contributed by atoms with Gasteiger partial charge in [-0.2, -0.15) is 0 Å². The predicted molar refractivity (Wildman–Crippen MR) is 112 cm³/mol. The summed E-state index contributed by atoms with van der Waals surface area (Å²) in [7, 11) is 0. The molecule has 4 rings (SSSR count). The summed E-state index contributed by atoms with van der Waals surface area (Å²) in [5.74, 6) is -0.460. The average Bonchev–Trinajstić information content (AvgIpc) is 3.19. The third kappa shape index (κ3) is 4.72. The molecule has 2 aromatic carbocycles. The number of cyclic esters (lactones) is 1. The van der Waals surface area contributed by atoms with E-state index in [0.717, 1.165) is 5.56 Å². The fourth-order valence-corrected chi connectivity index (χ4v) is 3.69. The second-order valence-electron chi connectivity index (χ2n) is 7.45. The molecule has 2 fully saturated rings. The molecule has 1 atom stereocenters. The van der Waals surface area contributed by atoms with Gasteiger partial charge in [0.2, 0.25) is 0 Å². The number of carbonyl (C=O) groups is 2. The van der Waals surface area contributed by atoms with Crippen molar-refractivity contribution in [3.63, 3.8) is 0 Å². The van der Waals surface area contributed by atoms with Gasteiger partial charge in [-0.1, -0.05) is 30.3 Å². The minimum atomic E-state index is -0.607.